The van der Waals surface area contributed by atoms with E-state index in [0.717, 1.165) is 35.0 Å². The quantitative estimate of drug-likeness (QED) is 0.532. The summed E-state index contributed by atoms with van der Waals surface area (Å²) in [6.07, 6.45) is 6.15. The number of aromatic nitrogens is 1. The number of rotatable bonds is 3. The topological polar surface area (TPSA) is 101 Å². The Morgan fingerprint density at radius 2 is 2.22 bits per heavy atom. The van der Waals surface area contributed by atoms with Crippen LogP contribution in [0.1, 0.15) is 56.7 Å². The average molecular weight is 477 g/mol. The molecular formula is C22H28N4O4S2. The number of carbonyl (C=O) groups is 3. The van der Waals surface area contributed by atoms with Gasteiger partial charge in [0, 0.05) is 17.7 Å². The molecule has 3 aliphatic rings. The lowest BCUT2D eigenvalue weighted by molar-refractivity contribution is -0.157. The minimum Gasteiger partial charge on any atom is -0.456 e. The van der Waals surface area contributed by atoms with Crippen molar-refractivity contribution < 1.29 is 19.1 Å². The number of fused-ring (bicyclic) bond motifs is 5. The van der Waals surface area contributed by atoms with E-state index in [-0.39, 0.29) is 18.2 Å². The Balaban J connectivity index is 1.65. The average Bonchev–Trinajstić information content (AvgIpc) is 3.51. The van der Waals surface area contributed by atoms with Crippen LogP contribution in [0, 0.1) is 0 Å². The second kappa shape index (κ2) is 9.74. The monoisotopic (exact) mass is 476 g/mol. The third kappa shape index (κ3) is 4.91. The molecule has 0 saturated carbocycles. The van der Waals surface area contributed by atoms with E-state index in [1.807, 2.05) is 18.4 Å². The van der Waals surface area contributed by atoms with Crippen LogP contribution >= 0.6 is 23.1 Å². The summed E-state index contributed by atoms with van der Waals surface area (Å²) in [7, 11) is 0. The third-order valence-corrected chi connectivity index (χ3v) is 7.88. The summed E-state index contributed by atoms with van der Waals surface area (Å²) in [5, 5.41) is 6.26. The molecule has 2 amide bonds. The molecular weight excluding hydrogens is 448 g/mol. The molecule has 4 bridgehead atoms. The van der Waals surface area contributed by atoms with Gasteiger partial charge in [0.2, 0.25) is 5.91 Å². The summed E-state index contributed by atoms with van der Waals surface area (Å²) in [5.74, 6) is -0.320. The molecule has 3 aliphatic heterocycles. The maximum Gasteiger partial charge on any atom is 0.329 e. The number of thioether (sulfide) groups is 1. The molecule has 4 heterocycles. The smallest absolute Gasteiger partial charge is 0.329 e. The van der Waals surface area contributed by atoms with Crippen molar-refractivity contribution in [2.75, 3.05) is 12.3 Å². The van der Waals surface area contributed by atoms with Crippen molar-refractivity contribution in [3.63, 3.8) is 0 Å². The summed E-state index contributed by atoms with van der Waals surface area (Å²) >= 11 is 2.95. The molecule has 0 radical (unpaired) electrons. The number of aliphatic imine (C=N–C) groups is 1. The first-order valence-corrected chi connectivity index (χ1v) is 12.9. The van der Waals surface area contributed by atoms with Gasteiger partial charge < -0.3 is 15.0 Å². The number of allylic oxidation sites excluding steroid dienone is 1. The van der Waals surface area contributed by atoms with E-state index in [2.05, 4.69) is 17.2 Å². The third-order valence-electron chi connectivity index (χ3n) is 5.75. The number of unbranched alkanes of at least 4 members (excludes halogenated alkanes) is 1. The van der Waals surface area contributed by atoms with Crippen LogP contribution in [0.25, 0.3) is 0 Å². The van der Waals surface area contributed by atoms with Crippen LogP contribution in [0.3, 0.4) is 0 Å². The van der Waals surface area contributed by atoms with E-state index in [1.54, 1.807) is 11.0 Å². The van der Waals surface area contributed by atoms with Gasteiger partial charge in [-0.2, -0.15) is 0 Å². The van der Waals surface area contributed by atoms with Gasteiger partial charge in [0.1, 0.15) is 33.4 Å². The van der Waals surface area contributed by atoms with Gasteiger partial charge in [-0.25, -0.2) is 9.78 Å². The zero-order valence-corrected chi connectivity index (χ0v) is 20.0. The highest BCUT2D eigenvalue weighted by Crippen LogP contribution is 2.35. The number of ether oxygens (including phenoxy) is 1. The van der Waals surface area contributed by atoms with Gasteiger partial charge in [0.25, 0.3) is 5.91 Å². The Hall–Kier alpha value is -2.20. The molecule has 32 heavy (non-hydrogen) atoms. The SMILES string of the molecule is CCC/C=C/[C@@H]1CC(=O)NCc2nc(cs2)C2=N[C@@](C)(CS2)C(=O)N2CCC[C@H]2C(=O)O1. The molecule has 10 heteroatoms. The highest BCUT2D eigenvalue weighted by atomic mass is 32.2. The number of amides is 2. The molecule has 4 rings (SSSR count). The number of hydrogen-bond donors (Lipinski definition) is 1. The maximum absolute atomic E-state index is 13.5. The number of thiazole rings is 1. The highest BCUT2D eigenvalue weighted by Gasteiger charge is 2.46. The zero-order valence-electron chi connectivity index (χ0n) is 18.3. The number of esters is 1. The zero-order chi connectivity index (χ0) is 22.7. The summed E-state index contributed by atoms with van der Waals surface area (Å²) in [5.41, 5.74) is -0.205. The number of carbonyl (C=O) groups excluding carboxylic acids is 3. The van der Waals surface area contributed by atoms with Crippen LogP contribution in [0.4, 0.5) is 0 Å². The van der Waals surface area contributed by atoms with Gasteiger partial charge in [-0.1, -0.05) is 19.4 Å². The number of hydrogen-bond acceptors (Lipinski definition) is 8. The first-order chi connectivity index (χ1) is 15.4. The van der Waals surface area contributed by atoms with Gasteiger partial charge in [-0.15, -0.1) is 23.1 Å². The predicted molar refractivity (Wildman–Crippen MR) is 125 cm³/mol. The van der Waals surface area contributed by atoms with E-state index in [4.69, 9.17) is 9.73 Å². The second-order valence-electron chi connectivity index (χ2n) is 8.44. The van der Waals surface area contributed by atoms with Gasteiger partial charge in [-0.05, 0) is 32.3 Å². The summed E-state index contributed by atoms with van der Waals surface area (Å²) in [6.45, 7) is 4.68. The van der Waals surface area contributed by atoms with Gasteiger partial charge >= 0.3 is 5.97 Å². The predicted octanol–water partition coefficient (Wildman–Crippen LogP) is 2.67. The maximum atomic E-state index is 13.5. The van der Waals surface area contributed by atoms with E-state index < -0.39 is 23.7 Å². The molecule has 0 spiro atoms. The van der Waals surface area contributed by atoms with Crippen molar-refractivity contribution in [2.45, 2.75) is 70.2 Å². The Morgan fingerprint density at radius 1 is 1.38 bits per heavy atom. The van der Waals surface area contributed by atoms with Crippen molar-refractivity contribution in [2.24, 2.45) is 4.99 Å². The van der Waals surface area contributed by atoms with Crippen molar-refractivity contribution >= 4 is 45.9 Å². The fourth-order valence-corrected chi connectivity index (χ4v) is 5.93. The molecule has 1 saturated heterocycles. The summed E-state index contributed by atoms with van der Waals surface area (Å²) in [6, 6.07) is -0.646. The van der Waals surface area contributed by atoms with Crippen LogP contribution in [0.5, 0.6) is 0 Å². The van der Waals surface area contributed by atoms with Gasteiger partial charge in [0.15, 0.2) is 0 Å². The molecule has 0 aromatic carbocycles. The lowest BCUT2D eigenvalue weighted by Crippen LogP contribution is -2.51. The van der Waals surface area contributed by atoms with Crippen LogP contribution in [-0.2, 0) is 25.7 Å². The first kappa shape index (κ1) is 23.0. The second-order valence-corrected chi connectivity index (χ2v) is 10.3. The first-order valence-electron chi connectivity index (χ1n) is 11.0. The summed E-state index contributed by atoms with van der Waals surface area (Å²) < 4.78 is 5.74. The molecule has 1 aromatic rings. The van der Waals surface area contributed by atoms with E-state index >= 15 is 0 Å². The number of nitrogens with zero attached hydrogens (tertiary/aromatic N) is 3. The number of cyclic esters (lactones) is 1. The minimum absolute atomic E-state index is 0.0329. The fourth-order valence-electron chi connectivity index (χ4n) is 4.01. The van der Waals surface area contributed by atoms with Crippen molar-refractivity contribution in [1.82, 2.24) is 15.2 Å². The molecule has 1 N–H and O–H groups in total. The standard InChI is InChI=1S/C22H28N4O4S2/c1-3-4-5-7-14-10-17(27)23-11-18-24-15(12-31-18)19-25-22(2,13-32-19)21(29)26-9-6-8-16(26)20(28)30-14/h5,7,12,14,16H,3-4,6,8-11,13H2,1-2H3,(H,23,27)/b7-5+/t14-,16+,22+/m1/s1. The molecule has 0 unspecified atom stereocenters. The Kier molecular flexibility index (Phi) is 6.99. The number of nitrogens with one attached hydrogen (secondary N) is 1. The largest absolute Gasteiger partial charge is 0.456 e. The van der Waals surface area contributed by atoms with E-state index in [1.165, 1.54) is 23.1 Å². The Bertz CT molecular complexity index is 959. The van der Waals surface area contributed by atoms with Crippen molar-refractivity contribution in [3.05, 3.63) is 28.2 Å². The molecule has 8 nitrogen and oxygen atoms in total. The Labute approximate surface area is 195 Å². The molecule has 172 valence electrons. The van der Waals surface area contributed by atoms with Crippen LogP contribution < -0.4 is 5.32 Å². The normalized spacial score (nSPS) is 29.1. The Morgan fingerprint density at radius 3 is 3.03 bits per heavy atom. The molecule has 0 aliphatic carbocycles. The highest BCUT2D eigenvalue weighted by molar-refractivity contribution is 8.14. The van der Waals surface area contributed by atoms with Crippen LogP contribution in [-0.4, -0.2) is 62.7 Å². The minimum atomic E-state index is -0.932. The molecule has 1 aromatic heterocycles. The fraction of sp³-hybridized carbons (Fsp3) is 0.591. The van der Waals surface area contributed by atoms with Gasteiger partial charge in [0.05, 0.1) is 13.0 Å². The van der Waals surface area contributed by atoms with Crippen LogP contribution in [0.2, 0.25) is 0 Å². The molecule has 3 atom stereocenters. The van der Waals surface area contributed by atoms with Crippen LogP contribution in [0.15, 0.2) is 22.5 Å². The molecule has 1 fully saturated rings. The van der Waals surface area contributed by atoms with Gasteiger partial charge in [-0.3, -0.25) is 14.6 Å². The lowest BCUT2D eigenvalue weighted by atomic mass is 10.0. The van der Waals surface area contributed by atoms with Crippen molar-refractivity contribution in [1.29, 1.82) is 0 Å². The van der Waals surface area contributed by atoms with E-state index in [9.17, 15) is 14.4 Å². The summed E-state index contributed by atoms with van der Waals surface area (Å²) in [4.78, 5) is 50.0. The van der Waals surface area contributed by atoms with E-state index in [0.29, 0.717) is 25.3 Å². The van der Waals surface area contributed by atoms with Crippen molar-refractivity contribution in [3.8, 4) is 0 Å². The lowest BCUT2D eigenvalue weighted by Gasteiger charge is -2.30.